The van der Waals surface area contributed by atoms with E-state index in [2.05, 4.69) is 10.2 Å². The van der Waals surface area contributed by atoms with Crippen molar-refractivity contribution in [1.82, 2.24) is 0 Å². The van der Waals surface area contributed by atoms with Crippen LogP contribution in [0.25, 0.3) is 0 Å². The highest BCUT2D eigenvalue weighted by Crippen LogP contribution is 2.37. The van der Waals surface area contributed by atoms with Crippen molar-refractivity contribution in [2.24, 2.45) is 0 Å². The van der Waals surface area contributed by atoms with Crippen LogP contribution in [0.1, 0.15) is 5.56 Å². The van der Waals surface area contributed by atoms with E-state index in [4.69, 9.17) is 16.3 Å². The highest BCUT2D eigenvalue weighted by Gasteiger charge is 2.34. The van der Waals surface area contributed by atoms with E-state index in [9.17, 15) is 26.4 Å². The van der Waals surface area contributed by atoms with Gasteiger partial charge in [-0.05, 0) is 54.6 Å². The third kappa shape index (κ3) is 6.35. The van der Waals surface area contributed by atoms with Crippen LogP contribution in [0.15, 0.2) is 77.7 Å². The van der Waals surface area contributed by atoms with E-state index in [1.807, 2.05) is 12.1 Å². The van der Waals surface area contributed by atoms with E-state index in [0.29, 0.717) is 29.3 Å². The molecule has 12 heteroatoms. The molecule has 0 radical (unpaired) electrons. The van der Waals surface area contributed by atoms with Crippen LogP contribution in [0.3, 0.4) is 0 Å². The number of carbonyl (C=O) groups excluding carboxylic acids is 1. The minimum Gasteiger partial charge on any atom is -0.378 e. The lowest BCUT2D eigenvalue weighted by Gasteiger charge is -2.29. The average Bonchev–Trinajstić information content (AvgIpc) is 2.88. The molecular weight excluding hydrogens is 531 g/mol. The van der Waals surface area contributed by atoms with Crippen molar-refractivity contribution in [2.45, 2.75) is 11.1 Å². The topological polar surface area (TPSA) is 79.0 Å². The maximum Gasteiger partial charge on any atom is 0.416 e. The molecule has 3 aromatic carbocycles. The Morgan fingerprint density at radius 3 is 2.27 bits per heavy atom. The van der Waals surface area contributed by atoms with E-state index in [0.717, 1.165) is 30.9 Å². The van der Waals surface area contributed by atoms with Gasteiger partial charge in [-0.25, -0.2) is 8.42 Å². The number of anilines is 3. The number of ether oxygens (including phenoxy) is 1. The predicted molar refractivity (Wildman–Crippen MR) is 136 cm³/mol. The van der Waals surface area contributed by atoms with Gasteiger partial charge < -0.3 is 15.0 Å². The molecule has 1 saturated heterocycles. The molecule has 3 aromatic rings. The average molecular weight is 554 g/mol. The molecule has 0 bridgehead atoms. The molecule has 4 rings (SSSR count). The van der Waals surface area contributed by atoms with Crippen LogP contribution >= 0.6 is 11.6 Å². The summed E-state index contributed by atoms with van der Waals surface area (Å²) in [7, 11) is -4.45. The number of rotatable bonds is 7. The van der Waals surface area contributed by atoms with Gasteiger partial charge in [0.05, 0.1) is 34.4 Å². The summed E-state index contributed by atoms with van der Waals surface area (Å²) in [5.41, 5.74) is -0.225. The lowest BCUT2D eigenvalue weighted by molar-refractivity contribution is -0.137. The number of hydrogen-bond acceptors (Lipinski definition) is 5. The predicted octanol–water partition coefficient (Wildman–Crippen LogP) is 5.03. The number of sulfonamides is 1. The molecule has 0 aliphatic carbocycles. The third-order valence-electron chi connectivity index (χ3n) is 5.69. The van der Waals surface area contributed by atoms with Crippen molar-refractivity contribution >= 4 is 44.6 Å². The summed E-state index contributed by atoms with van der Waals surface area (Å²) < 4.78 is 73.0. The second-order valence-electron chi connectivity index (χ2n) is 8.18. The molecule has 7 nitrogen and oxygen atoms in total. The van der Waals surface area contributed by atoms with Crippen molar-refractivity contribution in [3.63, 3.8) is 0 Å². The van der Waals surface area contributed by atoms with Crippen LogP contribution in [0.5, 0.6) is 0 Å². The highest BCUT2D eigenvalue weighted by molar-refractivity contribution is 7.92. The van der Waals surface area contributed by atoms with Crippen molar-refractivity contribution in [1.29, 1.82) is 0 Å². The molecule has 0 unspecified atom stereocenters. The third-order valence-corrected chi connectivity index (χ3v) is 7.78. The van der Waals surface area contributed by atoms with Crippen LogP contribution in [-0.2, 0) is 25.7 Å². The number of hydrogen-bond donors (Lipinski definition) is 1. The van der Waals surface area contributed by atoms with Crippen molar-refractivity contribution in [3.8, 4) is 0 Å². The van der Waals surface area contributed by atoms with E-state index >= 15 is 0 Å². The van der Waals surface area contributed by atoms with Crippen LogP contribution in [0, 0.1) is 0 Å². The zero-order chi connectivity index (χ0) is 26.6. The summed E-state index contributed by atoms with van der Waals surface area (Å²) in [6.45, 7) is 1.89. The summed E-state index contributed by atoms with van der Waals surface area (Å²) >= 11 is 6.15. The van der Waals surface area contributed by atoms with Crippen LogP contribution in [-0.4, -0.2) is 47.2 Å². The smallest absolute Gasteiger partial charge is 0.378 e. The fraction of sp³-hybridized carbons (Fsp3) is 0.240. The standard InChI is InChI=1S/C25H23ClF3N3O4S/c26-22-11-6-18(25(27,28)29)16-23(22)32(37(34,35)21-4-2-1-3-5-21)17-24(33)30-19-7-9-20(10-8-19)31-12-14-36-15-13-31/h1-11,16H,12-15,17H2,(H,30,33). The highest BCUT2D eigenvalue weighted by atomic mass is 35.5. The molecule has 0 spiro atoms. The molecule has 196 valence electrons. The van der Waals surface area contributed by atoms with Gasteiger partial charge in [0.15, 0.2) is 0 Å². The molecule has 1 N–H and O–H groups in total. The van der Waals surface area contributed by atoms with E-state index in [1.54, 1.807) is 18.2 Å². The van der Waals surface area contributed by atoms with Crippen molar-refractivity contribution in [2.75, 3.05) is 47.4 Å². The van der Waals surface area contributed by atoms with Gasteiger partial charge in [0.1, 0.15) is 6.54 Å². The monoisotopic (exact) mass is 553 g/mol. The first-order valence-electron chi connectivity index (χ1n) is 11.2. The fourth-order valence-electron chi connectivity index (χ4n) is 3.81. The largest absolute Gasteiger partial charge is 0.416 e. The molecule has 0 saturated carbocycles. The van der Waals surface area contributed by atoms with Gasteiger partial charge in [0.2, 0.25) is 5.91 Å². The lowest BCUT2D eigenvalue weighted by Crippen LogP contribution is -2.38. The first-order chi connectivity index (χ1) is 17.6. The van der Waals surface area contributed by atoms with Crippen molar-refractivity contribution < 1.29 is 31.1 Å². The van der Waals surface area contributed by atoms with Crippen LogP contribution < -0.4 is 14.5 Å². The second kappa shape index (κ2) is 11.0. The summed E-state index contributed by atoms with van der Waals surface area (Å²) in [4.78, 5) is 14.9. The summed E-state index contributed by atoms with van der Waals surface area (Å²) in [6.07, 6.45) is -4.74. The zero-order valence-corrected chi connectivity index (χ0v) is 21.0. The minimum absolute atomic E-state index is 0.203. The fourth-order valence-corrected chi connectivity index (χ4v) is 5.53. The summed E-state index contributed by atoms with van der Waals surface area (Å²) in [6, 6.07) is 16.4. The Hall–Kier alpha value is -3.28. The number of morpholine rings is 1. The molecule has 1 heterocycles. The molecule has 0 aromatic heterocycles. The number of carbonyl (C=O) groups is 1. The minimum atomic E-state index is -4.74. The summed E-state index contributed by atoms with van der Waals surface area (Å²) in [5, 5.41) is 2.35. The Kier molecular flexibility index (Phi) is 7.96. The van der Waals surface area contributed by atoms with Crippen molar-refractivity contribution in [3.05, 3.63) is 83.4 Å². The normalized spacial score (nSPS) is 14.3. The van der Waals surface area contributed by atoms with E-state index < -0.39 is 39.9 Å². The van der Waals surface area contributed by atoms with Crippen LogP contribution in [0.4, 0.5) is 30.2 Å². The van der Waals surface area contributed by atoms with Gasteiger partial charge in [-0.2, -0.15) is 13.2 Å². The maximum absolute atomic E-state index is 13.4. The number of alkyl halides is 3. The number of nitrogens with zero attached hydrogens (tertiary/aromatic N) is 2. The number of amides is 1. The molecule has 1 amide bonds. The molecular formula is C25H23ClF3N3O4S. The maximum atomic E-state index is 13.4. The zero-order valence-electron chi connectivity index (χ0n) is 19.4. The van der Waals surface area contributed by atoms with Gasteiger partial charge in [-0.15, -0.1) is 0 Å². The van der Waals surface area contributed by atoms with Gasteiger partial charge in [-0.3, -0.25) is 9.10 Å². The van der Waals surface area contributed by atoms with Gasteiger partial charge in [0.25, 0.3) is 10.0 Å². The Bertz CT molecular complexity index is 1350. The van der Waals surface area contributed by atoms with Gasteiger partial charge in [-0.1, -0.05) is 29.8 Å². The number of benzene rings is 3. The second-order valence-corrected chi connectivity index (χ2v) is 10.5. The van der Waals surface area contributed by atoms with Crippen LogP contribution in [0.2, 0.25) is 5.02 Å². The van der Waals surface area contributed by atoms with E-state index in [-0.39, 0.29) is 9.92 Å². The first kappa shape index (κ1) is 26.8. The summed E-state index contributed by atoms with van der Waals surface area (Å²) in [5.74, 6) is -0.757. The Morgan fingerprint density at radius 1 is 1.00 bits per heavy atom. The molecule has 37 heavy (non-hydrogen) atoms. The van der Waals surface area contributed by atoms with Gasteiger partial charge in [0, 0.05) is 24.5 Å². The lowest BCUT2D eigenvalue weighted by atomic mass is 10.2. The Morgan fingerprint density at radius 2 is 1.65 bits per heavy atom. The van der Waals surface area contributed by atoms with E-state index in [1.165, 1.54) is 24.3 Å². The van der Waals surface area contributed by atoms with Gasteiger partial charge >= 0.3 is 6.18 Å². The first-order valence-corrected chi connectivity index (χ1v) is 13.0. The molecule has 1 aliphatic heterocycles. The Balaban J connectivity index is 1.62. The molecule has 1 aliphatic rings. The molecule has 0 atom stereocenters. The molecule has 1 fully saturated rings. The number of nitrogens with one attached hydrogen (secondary N) is 1. The Labute approximate surface area is 217 Å². The SMILES string of the molecule is O=C(CN(c1cc(C(F)(F)F)ccc1Cl)S(=O)(=O)c1ccccc1)Nc1ccc(N2CCOCC2)cc1. The quantitative estimate of drug-likeness (QED) is 0.444. The number of halogens is 4.